The molecule has 0 saturated carbocycles. The number of rotatable bonds is 3. The number of piperidine rings is 1. The van der Waals surface area contributed by atoms with E-state index in [9.17, 15) is 9.59 Å². The number of anilines is 1. The number of amides is 2. The third-order valence-corrected chi connectivity index (χ3v) is 5.58. The van der Waals surface area contributed by atoms with Crippen molar-refractivity contribution < 1.29 is 9.59 Å². The number of benzene rings is 1. The van der Waals surface area contributed by atoms with Gasteiger partial charge in [-0.1, -0.05) is 18.6 Å². The predicted molar refractivity (Wildman–Crippen MR) is 93.1 cm³/mol. The van der Waals surface area contributed by atoms with E-state index in [-0.39, 0.29) is 17.9 Å². The molecule has 3 aliphatic rings. The van der Waals surface area contributed by atoms with Gasteiger partial charge in [0.05, 0.1) is 11.3 Å². The van der Waals surface area contributed by atoms with Crippen molar-refractivity contribution in [2.24, 2.45) is 0 Å². The molecule has 0 radical (unpaired) electrons. The van der Waals surface area contributed by atoms with Crippen LogP contribution in [0.15, 0.2) is 24.3 Å². The third-order valence-electron chi connectivity index (χ3n) is 5.58. The summed E-state index contributed by atoms with van der Waals surface area (Å²) in [5.74, 6) is 0.115. The van der Waals surface area contributed by atoms with E-state index in [1.807, 2.05) is 29.2 Å². The lowest BCUT2D eigenvalue weighted by molar-refractivity contribution is -0.122. The minimum Gasteiger partial charge on any atom is -0.327 e. The SMILES string of the molecule is O=C1[C@@H]2CCCN2C(=O)c2ccccc2N1CCN1CCCCC1. The molecular weight excluding hydrogens is 302 g/mol. The number of nitrogens with zero attached hydrogens (tertiary/aromatic N) is 3. The maximum absolute atomic E-state index is 13.1. The van der Waals surface area contributed by atoms with Crippen LogP contribution in [0, 0.1) is 0 Å². The highest BCUT2D eigenvalue weighted by molar-refractivity contribution is 6.11. The molecular formula is C19H25N3O2. The molecule has 0 aliphatic carbocycles. The minimum atomic E-state index is -0.272. The van der Waals surface area contributed by atoms with Gasteiger partial charge >= 0.3 is 0 Å². The molecule has 3 heterocycles. The van der Waals surface area contributed by atoms with E-state index in [0.717, 1.165) is 38.2 Å². The van der Waals surface area contributed by atoms with E-state index in [1.165, 1.54) is 19.3 Å². The highest BCUT2D eigenvalue weighted by atomic mass is 16.2. The summed E-state index contributed by atoms with van der Waals surface area (Å²) in [5.41, 5.74) is 1.47. The minimum absolute atomic E-state index is 0.0157. The van der Waals surface area contributed by atoms with Crippen LogP contribution in [-0.4, -0.2) is 60.4 Å². The van der Waals surface area contributed by atoms with Gasteiger partial charge in [-0.15, -0.1) is 0 Å². The van der Waals surface area contributed by atoms with E-state index in [1.54, 1.807) is 4.90 Å². The average molecular weight is 327 g/mol. The van der Waals surface area contributed by atoms with Gasteiger partial charge < -0.3 is 14.7 Å². The molecule has 0 bridgehead atoms. The maximum atomic E-state index is 13.1. The molecule has 0 spiro atoms. The van der Waals surface area contributed by atoms with Crippen LogP contribution in [0.3, 0.4) is 0 Å². The molecule has 1 atom stereocenters. The van der Waals surface area contributed by atoms with E-state index in [4.69, 9.17) is 0 Å². The summed E-state index contributed by atoms with van der Waals surface area (Å²) in [4.78, 5) is 32.1. The Morgan fingerprint density at radius 2 is 1.71 bits per heavy atom. The second-order valence-corrected chi connectivity index (χ2v) is 7.07. The number of carbonyl (C=O) groups is 2. The largest absolute Gasteiger partial charge is 0.327 e. The summed E-state index contributed by atoms with van der Waals surface area (Å²) < 4.78 is 0. The molecule has 0 unspecified atom stereocenters. The van der Waals surface area contributed by atoms with Crippen LogP contribution in [0.2, 0.25) is 0 Å². The molecule has 128 valence electrons. The van der Waals surface area contributed by atoms with Crippen LogP contribution in [-0.2, 0) is 4.79 Å². The lowest BCUT2D eigenvalue weighted by atomic mass is 10.1. The number of para-hydroxylation sites is 1. The average Bonchev–Trinajstić information content (AvgIpc) is 3.09. The number of carbonyl (C=O) groups excluding carboxylic acids is 2. The van der Waals surface area contributed by atoms with Gasteiger partial charge in [0.25, 0.3) is 5.91 Å². The van der Waals surface area contributed by atoms with Crippen molar-refractivity contribution in [3.05, 3.63) is 29.8 Å². The molecule has 2 amide bonds. The van der Waals surface area contributed by atoms with Gasteiger partial charge in [0.2, 0.25) is 5.91 Å². The van der Waals surface area contributed by atoms with Crippen molar-refractivity contribution in [1.29, 1.82) is 0 Å². The van der Waals surface area contributed by atoms with Crippen LogP contribution in [0.4, 0.5) is 5.69 Å². The lowest BCUT2D eigenvalue weighted by Gasteiger charge is -2.31. The van der Waals surface area contributed by atoms with Crippen LogP contribution in [0.5, 0.6) is 0 Å². The Morgan fingerprint density at radius 1 is 0.917 bits per heavy atom. The van der Waals surface area contributed by atoms with Crippen molar-refractivity contribution in [1.82, 2.24) is 9.80 Å². The van der Waals surface area contributed by atoms with Gasteiger partial charge in [-0.2, -0.15) is 0 Å². The van der Waals surface area contributed by atoms with E-state index in [0.29, 0.717) is 18.7 Å². The van der Waals surface area contributed by atoms with Crippen LogP contribution in [0.25, 0.3) is 0 Å². The third kappa shape index (κ3) is 2.71. The first-order chi connectivity index (χ1) is 11.8. The first kappa shape index (κ1) is 15.6. The first-order valence-electron chi connectivity index (χ1n) is 9.19. The number of likely N-dealkylation sites (tertiary alicyclic amines) is 1. The maximum Gasteiger partial charge on any atom is 0.256 e. The van der Waals surface area contributed by atoms with Gasteiger partial charge in [-0.25, -0.2) is 0 Å². The highest BCUT2D eigenvalue weighted by Gasteiger charge is 2.41. The van der Waals surface area contributed by atoms with Crippen molar-refractivity contribution >= 4 is 17.5 Å². The monoisotopic (exact) mass is 327 g/mol. The molecule has 1 aromatic carbocycles. The fraction of sp³-hybridized carbons (Fsp3) is 0.579. The normalized spacial score (nSPS) is 24.8. The van der Waals surface area contributed by atoms with Gasteiger partial charge in [0, 0.05) is 19.6 Å². The zero-order valence-electron chi connectivity index (χ0n) is 14.1. The fourth-order valence-corrected chi connectivity index (χ4v) is 4.26. The summed E-state index contributed by atoms with van der Waals surface area (Å²) in [6, 6.07) is 7.32. The zero-order valence-corrected chi connectivity index (χ0v) is 14.1. The first-order valence-corrected chi connectivity index (χ1v) is 9.19. The second-order valence-electron chi connectivity index (χ2n) is 7.07. The molecule has 4 rings (SSSR count). The molecule has 2 saturated heterocycles. The van der Waals surface area contributed by atoms with Crippen LogP contribution >= 0.6 is 0 Å². The van der Waals surface area contributed by atoms with E-state index in [2.05, 4.69) is 4.90 Å². The fourth-order valence-electron chi connectivity index (χ4n) is 4.26. The van der Waals surface area contributed by atoms with Gasteiger partial charge in [0.15, 0.2) is 0 Å². The van der Waals surface area contributed by atoms with Crippen molar-refractivity contribution in [3.8, 4) is 0 Å². The quantitative estimate of drug-likeness (QED) is 0.854. The summed E-state index contributed by atoms with van der Waals surface area (Å²) in [7, 11) is 0. The van der Waals surface area contributed by atoms with E-state index >= 15 is 0 Å². The number of fused-ring (bicyclic) bond motifs is 2. The van der Waals surface area contributed by atoms with Crippen molar-refractivity contribution in [2.75, 3.05) is 37.6 Å². The Morgan fingerprint density at radius 3 is 2.54 bits per heavy atom. The zero-order chi connectivity index (χ0) is 16.5. The Balaban J connectivity index is 1.61. The molecule has 0 aromatic heterocycles. The van der Waals surface area contributed by atoms with Gasteiger partial charge in [-0.05, 0) is 50.9 Å². The Hall–Kier alpha value is -1.88. The second kappa shape index (κ2) is 6.55. The Bertz CT molecular complexity index is 639. The predicted octanol–water partition coefficient (Wildman–Crippen LogP) is 2.12. The smallest absolute Gasteiger partial charge is 0.256 e. The Kier molecular flexibility index (Phi) is 4.27. The molecule has 3 aliphatic heterocycles. The van der Waals surface area contributed by atoms with Crippen LogP contribution < -0.4 is 4.90 Å². The van der Waals surface area contributed by atoms with E-state index < -0.39 is 0 Å². The summed E-state index contributed by atoms with van der Waals surface area (Å²) in [6.45, 7) is 4.51. The molecule has 2 fully saturated rings. The Labute approximate surface area is 143 Å². The topological polar surface area (TPSA) is 43.9 Å². The molecule has 5 nitrogen and oxygen atoms in total. The van der Waals surface area contributed by atoms with Gasteiger partial charge in [-0.3, -0.25) is 9.59 Å². The highest BCUT2D eigenvalue weighted by Crippen LogP contribution is 2.32. The molecule has 5 heteroatoms. The summed E-state index contributed by atoms with van der Waals surface area (Å²) in [6.07, 6.45) is 5.52. The number of hydrogen-bond acceptors (Lipinski definition) is 3. The summed E-state index contributed by atoms with van der Waals surface area (Å²) >= 11 is 0. The lowest BCUT2D eigenvalue weighted by Crippen LogP contribution is -2.47. The number of hydrogen-bond donors (Lipinski definition) is 0. The summed E-state index contributed by atoms with van der Waals surface area (Å²) in [5, 5.41) is 0. The molecule has 24 heavy (non-hydrogen) atoms. The van der Waals surface area contributed by atoms with Crippen molar-refractivity contribution in [2.45, 2.75) is 38.1 Å². The molecule has 1 aromatic rings. The van der Waals surface area contributed by atoms with Crippen LogP contribution in [0.1, 0.15) is 42.5 Å². The van der Waals surface area contributed by atoms with Crippen molar-refractivity contribution in [3.63, 3.8) is 0 Å². The molecule has 0 N–H and O–H groups in total. The van der Waals surface area contributed by atoms with Gasteiger partial charge in [0.1, 0.15) is 6.04 Å². The standard InChI is InChI=1S/C19H25N3O2/c23-18-15-7-2-3-8-16(15)22(14-13-20-10-4-1-5-11-20)19(24)17-9-6-12-21(17)18/h2-3,7-8,17H,1,4-6,9-14H2/t17-/m0/s1.